The molecular weight excluding hydrogens is 274 g/mol. The summed E-state index contributed by atoms with van der Waals surface area (Å²) in [6.07, 6.45) is 0.757. The van der Waals surface area contributed by atoms with Crippen molar-refractivity contribution in [3.8, 4) is 5.88 Å². The number of hydrogen-bond acceptors (Lipinski definition) is 8. The molecule has 1 aromatic rings. The van der Waals surface area contributed by atoms with Crippen LogP contribution in [0.3, 0.4) is 0 Å². The van der Waals surface area contributed by atoms with Crippen LogP contribution in [-0.4, -0.2) is 38.9 Å². The second-order valence-electron chi connectivity index (χ2n) is 3.64. The van der Waals surface area contributed by atoms with Crippen LogP contribution in [0.2, 0.25) is 0 Å². The van der Waals surface area contributed by atoms with Crippen LogP contribution in [0.1, 0.15) is 12.8 Å². The summed E-state index contributed by atoms with van der Waals surface area (Å²) in [5.74, 6) is -0.658. The molecule has 108 valence electrons. The summed E-state index contributed by atoms with van der Waals surface area (Å²) < 4.78 is 4.97. The van der Waals surface area contributed by atoms with Crippen LogP contribution in [0.25, 0.3) is 0 Å². The Kier molecular flexibility index (Phi) is 5.47. The number of nitro groups is 2. The van der Waals surface area contributed by atoms with Gasteiger partial charge in [-0.25, -0.2) is 4.98 Å². The number of aromatic nitrogens is 1. The van der Waals surface area contributed by atoms with E-state index in [0.29, 0.717) is 0 Å². The Hall–Kier alpha value is -2.62. The molecular formula is C10H11N3O7. The molecule has 0 aliphatic carbocycles. The molecule has 0 radical (unpaired) electrons. The van der Waals surface area contributed by atoms with Crippen LogP contribution >= 0.6 is 0 Å². The summed E-state index contributed by atoms with van der Waals surface area (Å²) in [7, 11) is 0. The number of nitrogens with zero attached hydrogens (tertiary/aromatic N) is 3. The van der Waals surface area contributed by atoms with Crippen molar-refractivity contribution in [2.24, 2.45) is 0 Å². The minimum Gasteiger partial charge on any atom is -0.472 e. The van der Waals surface area contributed by atoms with E-state index in [-0.39, 0.29) is 31.8 Å². The van der Waals surface area contributed by atoms with Gasteiger partial charge in [0.25, 0.3) is 11.6 Å². The van der Waals surface area contributed by atoms with Gasteiger partial charge < -0.3 is 9.84 Å². The Bertz CT molecular complexity index is 532. The number of aliphatic hydroxyl groups excluding tert-OH is 1. The zero-order valence-corrected chi connectivity index (χ0v) is 10.2. The van der Waals surface area contributed by atoms with Gasteiger partial charge in [0.05, 0.1) is 16.5 Å². The summed E-state index contributed by atoms with van der Waals surface area (Å²) in [4.78, 5) is 34.2. The average molecular weight is 285 g/mol. The van der Waals surface area contributed by atoms with Crippen molar-refractivity contribution in [3.05, 3.63) is 32.5 Å². The molecule has 0 atom stereocenters. The summed E-state index contributed by atoms with van der Waals surface area (Å²) >= 11 is 0. The molecule has 0 aromatic carbocycles. The van der Waals surface area contributed by atoms with Gasteiger partial charge >= 0.3 is 5.69 Å². The fraction of sp³-hybridized carbons (Fsp3) is 0.400. The van der Waals surface area contributed by atoms with Gasteiger partial charge in [0, 0.05) is 19.4 Å². The number of ether oxygens (including phenoxy) is 1. The normalized spacial score (nSPS) is 10.1. The predicted octanol–water partition coefficient (Wildman–Crippen LogP) is 0.618. The van der Waals surface area contributed by atoms with Crippen LogP contribution < -0.4 is 4.74 Å². The highest BCUT2D eigenvalue weighted by molar-refractivity contribution is 5.78. The largest absolute Gasteiger partial charge is 0.472 e. The molecule has 10 nitrogen and oxygen atoms in total. The smallest absolute Gasteiger partial charge is 0.337 e. The minimum atomic E-state index is -0.856. The average Bonchev–Trinajstić information content (AvgIpc) is 2.38. The molecule has 0 fully saturated rings. The molecule has 1 heterocycles. The van der Waals surface area contributed by atoms with E-state index in [1.165, 1.54) is 0 Å². The summed E-state index contributed by atoms with van der Waals surface area (Å²) in [6, 6.07) is 0.734. The predicted molar refractivity (Wildman–Crippen MR) is 64.4 cm³/mol. The Morgan fingerprint density at radius 3 is 2.55 bits per heavy atom. The lowest BCUT2D eigenvalue weighted by Crippen LogP contribution is -2.09. The highest BCUT2D eigenvalue weighted by Crippen LogP contribution is 2.28. The Morgan fingerprint density at radius 1 is 1.30 bits per heavy atom. The SMILES string of the molecule is O=C(CCO)CCOc1ncc([N+](=O)[O-])cc1[N+](=O)[O-]. The van der Waals surface area contributed by atoms with E-state index in [4.69, 9.17) is 9.84 Å². The first-order valence-electron chi connectivity index (χ1n) is 5.50. The van der Waals surface area contributed by atoms with Gasteiger partial charge in [0.2, 0.25) is 0 Å². The standard InChI is InChI=1S/C10H11N3O7/c14-3-1-8(15)2-4-20-10-9(13(18)19)5-7(6-11-10)12(16)17/h5-6,14H,1-4H2. The van der Waals surface area contributed by atoms with E-state index in [9.17, 15) is 25.0 Å². The van der Waals surface area contributed by atoms with Gasteiger partial charge in [-0.15, -0.1) is 0 Å². The first kappa shape index (κ1) is 15.4. The number of pyridine rings is 1. The summed E-state index contributed by atoms with van der Waals surface area (Å²) in [5, 5.41) is 29.8. The van der Waals surface area contributed by atoms with Crippen molar-refractivity contribution >= 4 is 17.2 Å². The van der Waals surface area contributed by atoms with Gasteiger partial charge in [-0.2, -0.15) is 0 Å². The first-order valence-corrected chi connectivity index (χ1v) is 5.50. The lowest BCUT2D eigenvalue weighted by molar-refractivity contribution is -0.395. The molecule has 0 saturated carbocycles. The van der Waals surface area contributed by atoms with E-state index in [1.54, 1.807) is 0 Å². The van der Waals surface area contributed by atoms with Crippen molar-refractivity contribution in [3.63, 3.8) is 0 Å². The fourth-order valence-corrected chi connectivity index (χ4v) is 1.28. The number of carbonyl (C=O) groups is 1. The number of carbonyl (C=O) groups excluding carboxylic acids is 1. The molecule has 0 spiro atoms. The number of hydrogen-bond donors (Lipinski definition) is 1. The Labute approximate surface area is 112 Å². The third kappa shape index (κ3) is 4.24. The van der Waals surface area contributed by atoms with Crippen molar-refractivity contribution in [1.82, 2.24) is 4.98 Å². The first-order chi connectivity index (χ1) is 9.45. The second-order valence-corrected chi connectivity index (χ2v) is 3.64. The molecule has 1 rings (SSSR count). The molecule has 0 saturated heterocycles. The number of ketones is 1. The van der Waals surface area contributed by atoms with Crippen molar-refractivity contribution < 1.29 is 24.5 Å². The van der Waals surface area contributed by atoms with Gasteiger partial charge in [-0.3, -0.25) is 25.0 Å². The molecule has 0 bridgehead atoms. The van der Waals surface area contributed by atoms with Crippen molar-refractivity contribution in [2.45, 2.75) is 12.8 Å². The van der Waals surface area contributed by atoms with E-state index in [0.717, 1.165) is 12.3 Å². The van der Waals surface area contributed by atoms with Crippen LogP contribution in [0, 0.1) is 20.2 Å². The molecule has 0 unspecified atom stereocenters. The monoisotopic (exact) mass is 285 g/mol. The van der Waals surface area contributed by atoms with Gasteiger partial charge in [0.1, 0.15) is 18.0 Å². The van der Waals surface area contributed by atoms with Crippen LogP contribution in [0.15, 0.2) is 12.3 Å². The van der Waals surface area contributed by atoms with E-state index < -0.39 is 27.1 Å². The van der Waals surface area contributed by atoms with E-state index in [1.807, 2.05) is 0 Å². The summed E-state index contributed by atoms with van der Waals surface area (Å²) in [6.45, 7) is -0.445. The second kappa shape index (κ2) is 7.09. The third-order valence-electron chi connectivity index (χ3n) is 2.24. The van der Waals surface area contributed by atoms with Crippen molar-refractivity contribution in [2.75, 3.05) is 13.2 Å². The maximum Gasteiger partial charge on any atom is 0.337 e. The topological polar surface area (TPSA) is 146 Å². The molecule has 0 aliphatic rings. The minimum absolute atomic E-state index is 0.0286. The number of Topliss-reactive ketones (excluding diaryl/α,β-unsaturated/α-hetero) is 1. The lowest BCUT2D eigenvalue weighted by Gasteiger charge is -2.04. The van der Waals surface area contributed by atoms with Crippen molar-refractivity contribution in [1.29, 1.82) is 0 Å². The van der Waals surface area contributed by atoms with Gasteiger partial charge in [0.15, 0.2) is 0 Å². The van der Waals surface area contributed by atoms with E-state index >= 15 is 0 Å². The highest BCUT2D eigenvalue weighted by atomic mass is 16.6. The zero-order chi connectivity index (χ0) is 15.1. The van der Waals surface area contributed by atoms with Crippen LogP contribution in [0.5, 0.6) is 5.88 Å². The fourth-order valence-electron chi connectivity index (χ4n) is 1.28. The van der Waals surface area contributed by atoms with E-state index in [2.05, 4.69) is 4.98 Å². The quantitative estimate of drug-likeness (QED) is 0.540. The van der Waals surface area contributed by atoms with Gasteiger partial charge in [-0.05, 0) is 0 Å². The number of aliphatic hydroxyl groups is 1. The Morgan fingerprint density at radius 2 is 2.00 bits per heavy atom. The summed E-state index contributed by atoms with van der Waals surface area (Å²) in [5.41, 5.74) is -1.17. The van der Waals surface area contributed by atoms with Crippen LogP contribution in [-0.2, 0) is 4.79 Å². The van der Waals surface area contributed by atoms with Gasteiger partial charge in [-0.1, -0.05) is 0 Å². The molecule has 10 heteroatoms. The highest BCUT2D eigenvalue weighted by Gasteiger charge is 2.22. The molecule has 1 aromatic heterocycles. The Balaban J connectivity index is 2.77. The third-order valence-corrected chi connectivity index (χ3v) is 2.24. The lowest BCUT2D eigenvalue weighted by atomic mass is 10.2. The molecule has 0 aliphatic heterocycles. The van der Waals surface area contributed by atoms with Crippen LogP contribution in [0.4, 0.5) is 11.4 Å². The molecule has 0 amide bonds. The molecule has 1 N–H and O–H groups in total. The zero-order valence-electron chi connectivity index (χ0n) is 10.2. The molecule has 20 heavy (non-hydrogen) atoms. The number of rotatable bonds is 8. The maximum atomic E-state index is 11.1. The maximum absolute atomic E-state index is 11.1.